The molecular formula is C6H7N5S. The molecule has 62 valence electrons. The minimum atomic E-state index is 0.526. The molecule has 5 nitrogen and oxygen atoms in total. The van der Waals surface area contributed by atoms with Gasteiger partial charge in [-0.25, -0.2) is 4.98 Å². The highest BCUT2D eigenvalue weighted by Crippen LogP contribution is 2.10. The van der Waals surface area contributed by atoms with Crippen molar-refractivity contribution in [3.05, 3.63) is 11.0 Å². The van der Waals surface area contributed by atoms with Crippen LogP contribution in [-0.2, 0) is 0 Å². The van der Waals surface area contributed by atoms with Gasteiger partial charge in [-0.2, -0.15) is 4.98 Å². The molecule has 0 saturated carbocycles. The molecule has 0 aromatic carbocycles. The van der Waals surface area contributed by atoms with Crippen LogP contribution in [0.1, 0.15) is 0 Å². The van der Waals surface area contributed by atoms with Crippen molar-refractivity contribution in [3.8, 4) is 0 Å². The van der Waals surface area contributed by atoms with E-state index < -0.39 is 0 Å². The van der Waals surface area contributed by atoms with Gasteiger partial charge in [0.2, 0.25) is 5.95 Å². The number of nitrogens with one attached hydrogen (secondary N) is 3. The normalized spacial score (nSPS) is 10.4. The number of anilines is 1. The number of imidazole rings is 1. The summed E-state index contributed by atoms with van der Waals surface area (Å²) in [5, 5.41) is 2.88. The van der Waals surface area contributed by atoms with Gasteiger partial charge in [-0.1, -0.05) is 12.2 Å². The van der Waals surface area contributed by atoms with E-state index in [-0.39, 0.29) is 0 Å². The van der Waals surface area contributed by atoms with Gasteiger partial charge in [-0.15, -0.1) is 0 Å². The van der Waals surface area contributed by atoms with Crippen LogP contribution in [0.3, 0.4) is 0 Å². The Morgan fingerprint density at radius 3 is 3.08 bits per heavy atom. The van der Waals surface area contributed by atoms with Crippen LogP contribution in [0.15, 0.2) is 6.33 Å². The Bertz CT molecular complexity index is 456. The summed E-state index contributed by atoms with van der Waals surface area (Å²) in [5.74, 6) is 0.681. The summed E-state index contributed by atoms with van der Waals surface area (Å²) in [6.07, 6.45) is 1.53. The van der Waals surface area contributed by atoms with Crippen LogP contribution < -0.4 is 5.32 Å². The fraction of sp³-hybridized carbons (Fsp3) is 0.167. The van der Waals surface area contributed by atoms with Crippen molar-refractivity contribution < 1.29 is 0 Å². The summed E-state index contributed by atoms with van der Waals surface area (Å²) in [6, 6.07) is 0. The summed E-state index contributed by atoms with van der Waals surface area (Å²) < 4.78 is 0.526. The van der Waals surface area contributed by atoms with Crippen LogP contribution in [-0.4, -0.2) is 27.0 Å². The highest BCUT2D eigenvalue weighted by molar-refractivity contribution is 7.71. The lowest BCUT2D eigenvalue weighted by molar-refractivity contribution is 1.18. The Kier molecular flexibility index (Phi) is 1.54. The standard InChI is InChI=1S/C6H7N5S/c1-7-6-10-3-4(11-6)8-2-9-5(3)12/h2H,1H3,(H3,7,8,9,10,11,12). The van der Waals surface area contributed by atoms with Crippen LogP contribution in [0.5, 0.6) is 0 Å². The SMILES string of the molecule is CNc1nc2[nH]cnc(=S)c2[nH]1. The van der Waals surface area contributed by atoms with Gasteiger partial charge >= 0.3 is 0 Å². The number of aromatic amines is 2. The van der Waals surface area contributed by atoms with Crippen LogP contribution >= 0.6 is 12.2 Å². The second-order valence-corrected chi connectivity index (χ2v) is 2.65. The maximum atomic E-state index is 4.98. The lowest BCUT2D eigenvalue weighted by Crippen LogP contribution is -1.88. The monoisotopic (exact) mass is 181 g/mol. The Balaban J connectivity index is 2.83. The second kappa shape index (κ2) is 2.56. The molecule has 0 saturated heterocycles. The smallest absolute Gasteiger partial charge is 0.202 e. The zero-order valence-corrected chi connectivity index (χ0v) is 7.20. The molecule has 0 unspecified atom stereocenters. The summed E-state index contributed by atoms with van der Waals surface area (Å²) in [4.78, 5) is 14.0. The highest BCUT2D eigenvalue weighted by atomic mass is 32.1. The molecule has 0 aliphatic carbocycles. The molecule has 12 heavy (non-hydrogen) atoms. The number of rotatable bonds is 1. The summed E-state index contributed by atoms with van der Waals surface area (Å²) in [7, 11) is 1.79. The van der Waals surface area contributed by atoms with E-state index in [0.29, 0.717) is 10.6 Å². The highest BCUT2D eigenvalue weighted by Gasteiger charge is 2.01. The average molecular weight is 181 g/mol. The molecule has 2 heterocycles. The lowest BCUT2D eigenvalue weighted by Gasteiger charge is -1.86. The summed E-state index contributed by atoms with van der Waals surface area (Å²) in [5.41, 5.74) is 1.48. The van der Waals surface area contributed by atoms with Crippen molar-refractivity contribution in [1.29, 1.82) is 0 Å². The number of hydrogen-bond acceptors (Lipinski definition) is 4. The van der Waals surface area contributed by atoms with Gasteiger partial charge in [0.25, 0.3) is 0 Å². The number of aromatic nitrogens is 4. The van der Waals surface area contributed by atoms with Crippen molar-refractivity contribution in [2.24, 2.45) is 0 Å². The molecule has 2 rings (SSSR count). The molecule has 0 bridgehead atoms. The van der Waals surface area contributed by atoms with Gasteiger partial charge in [0.1, 0.15) is 5.52 Å². The second-order valence-electron chi connectivity index (χ2n) is 2.27. The van der Waals surface area contributed by atoms with Crippen LogP contribution in [0.4, 0.5) is 5.95 Å². The van der Waals surface area contributed by atoms with E-state index in [4.69, 9.17) is 12.2 Å². The summed E-state index contributed by atoms with van der Waals surface area (Å²) >= 11 is 4.98. The fourth-order valence-electron chi connectivity index (χ4n) is 0.967. The summed E-state index contributed by atoms with van der Waals surface area (Å²) in [6.45, 7) is 0. The van der Waals surface area contributed by atoms with E-state index in [1.807, 2.05) is 0 Å². The molecule has 0 aliphatic heterocycles. The van der Waals surface area contributed by atoms with E-state index in [0.717, 1.165) is 11.2 Å². The number of fused-ring (bicyclic) bond motifs is 1. The number of H-pyrrole nitrogens is 2. The molecule has 0 amide bonds. The van der Waals surface area contributed by atoms with E-state index in [1.165, 1.54) is 6.33 Å². The molecular weight excluding hydrogens is 174 g/mol. The first-order valence-electron chi connectivity index (χ1n) is 3.42. The van der Waals surface area contributed by atoms with Gasteiger partial charge < -0.3 is 15.3 Å². The van der Waals surface area contributed by atoms with Crippen LogP contribution in [0.25, 0.3) is 11.2 Å². The molecule has 0 aliphatic rings. The zero-order valence-electron chi connectivity index (χ0n) is 6.38. The van der Waals surface area contributed by atoms with Gasteiger partial charge in [-0.3, -0.25) is 0 Å². The quantitative estimate of drug-likeness (QED) is 0.575. The topological polar surface area (TPSA) is 69.4 Å². The third kappa shape index (κ3) is 0.964. The molecule has 6 heteroatoms. The first-order valence-corrected chi connectivity index (χ1v) is 3.83. The zero-order chi connectivity index (χ0) is 8.55. The molecule has 3 N–H and O–H groups in total. The maximum Gasteiger partial charge on any atom is 0.202 e. The predicted octanol–water partition coefficient (Wildman–Crippen LogP) is 1.06. The van der Waals surface area contributed by atoms with Crippen molar-refractivity contribution in [3.63, 3.8) is 0 Å². The van der Waals surface area contributed by atoms with E-state index >= 15 is 0 Å². The van der Waals surface area contributed by atoms with E-state index in [9.17, 15) is 0 Å². The first-order chi connectivity index (χ1) is 5.81. The van der Waals surface area contributed by atoms with Crippen molar-refractivity contribution in [1.82, 2.24) is 19.9 Å². The van der Waals surface area contributed by atoms with Gasteiger partial charge in [-0.05, 0) is 0 Å². The van der Waals surface area contributed by atoms with Crippen LogP contribution in [0.2, 0.25) is 0 Å². The van der Waals surface area contributed by atoms with Crippen molar-refractivity contribution in [2.75, 3.05) is 12.4 Å². The number of hydrogen-bond donors (Lipinski definition) is 3. The Morgan fingerprint density at radius 1 is 1.58 bits per heavy atom. The van der Waals surface area contributed by atoms with E-state index in [1.54, 1.807) is 7.05 Å². The predicted molar refractivity (Wildman–Crippen MR) is 48.6 cm³/mol. The van der Waals surface area contributed by atoms with Gasteiger partial charge in [0.05, 0.1) is 6.33 Å². The van der Waals surface area contributed by atoms with Gasteiger partial charge in [0.15, 0.2) is 10.3 Å². The molecule has 0 spiro atoms. The molecule has 0 atom stereocenters. The minimum Gasteiger partial charge on any atom is -0.359 e. The maximum absolute atomic E-state index is 4.98. The third-order valence-electron chi connectivity index (χ3n) is 1.54. The van der Waals surface area contributed by atoms with Crippen LogP contribution in [0, 0.1) is 4.64 Å². The first kappa shape index (κ1) is 7.23. The minimum absolute atomic E-state index is 0.526. The molecule has 2 aromatic rings. The average Bonchev–Trinajstić information content (AvgIpc) is 2.49. The third-order valence-corrected chi connectivity index (χ3v) is 1.85. The number of nitrogens with zero attached hydrogens (tertiary/aromatic N) is 2. The van der Waals surface area contributed by atoms with Crippen molar-refractivity contribution >= 4 is 29.3 Å². The van der Waals surface area contributed by atoms with E-state index in [2.05, 4.69) is 25.3 Å². The molecule has 0 fully saturated rings. The Morgan fingerprint density at radius 2 is 2.42 bits per heavy atom. The molecule has 0 radical (unpaired) electrons. The van der Waals surface area contributed by atoms with Crippen molar-refractivity contribution in [2.45, 2.75) is 0 Å². The lowest BCUT2D eigenvalue weighted by atomic mass is 10.6. The Hall–Kier alpha value is -1.43. The fourth-order valence-corrected chi connectivity index (χ4v) is 1.17. The Labute approximate surface area is 73.3 Å². The molecule has 2 aromatic heterocycles. The largest absolute Gasteiger partial charge is 0.359 e. The van der Waals surface area contributed by atoms with Gasteiger partial charge in [0, 0.05) is 7.05 Å².